The molecule has 0 aliphatic carbocycles. The third-order valence-electron chi connectivity index (χ3n) is 1.94. The smallest absolute Gasteiger partial charge is 0.284 e. The maximum absolute atomic E-state index is 13.6. The van der Waals surface area contributed by atoms with E-state index < -0.39 is 11.6 Å². The van der Waals surface area contributed by atoms with Gasteiger partial charge in [-0.05, 0) is 30.8 Å². The Morgan fingerprint density at radius 1 is 1.40 bits per heavy atom. The van der Waals surface area contributed by atoms with Crippen LogP contribution in [0.5, 0.6) is 0 Å². The van der Waals surface area contributed by atoms with Crippen LogP contribution in [-0.2, 0) is 0 Å². The van der Waals surface area contributed by atoms with E-state index in [-0.39, 0.29) is 16.3 Å². The minimum absolute atomic E-state index is 0.0229. The molecule has 0 saturated heterocycles. The van der Waals surface area contributed by atoms with Gasteiger partial charge < -0.3 is 4.42 Å². The number of rotatable bonds is 1. The van der Waals surface area contributed by atoms with E-state index in [2.05, 4.69) is 22.4 Å². The van der Waals surface area contributed by atoms with E-state index >= 15 is 0 Å². The Balaban J connectivity index is 2.71. The number of nitrogens with zero attached hydrogens (tertiary/aromatic N) is 1. The third-order valence-corrected chi connectivity index (χ3v) is 2.11. The van der Waals surface area contributed by atoms with E-state index in [4.69, 9.17) is 4.42 Å². The fourth-order valence-electron chi connectivity index (χ4n) is 1.19. The standard InChI is InChI=1S/C9H6F2N2OS/c1-4-2-3-5(10)6(7(4)11)8-12-13-9(15)14-8/h2-3H,1H3,(H,13,15). The molecule has 0 amide bonds. The Kier molecular flexibility index (Phi) is 2.36. The summed E-state index contributed by atoms with van der Waals surface area (Å²) in [7, 11) is 0. The minimum atomic E-state index is -0.733. The van der Waals surface area contributed by atoms with Gasteiger partial charge in [-0.1, -0.05) is 6.07 Å². The Morgan fingerprint density at radius 3 is 2.73 bits per heavy atom. The molecule has 0 bridgehead atoms. The number of hydrogen-bond acceptors (Lipinski definition) is 3. The van der Waals surface area contributed by atoms with Crippen LogP contribution < -0.4 is 0 Å². The Hall–Kier alpha value is -1.56. The van der Waals surface area contributed by atoms with Crippen LogP contribution in [0.2, 0.25) is 0 Å². The summed E-state index contributed by atoms with van der Waals surface area (Å²) >= 11 is 4.62. The van der Waals surface area contributed by atoms with E-state index in [0.717, 1.165) is 6.07 Å². The molecule has 1 N–H and O–H groups in total. The van der Waals surface area contributed by atoms with E-state index in [1.54, 1.807) is 0 Å². The van der Waals surface area contributed by atoms with Gasteiger partial charge >= 0.3 is 0 Å². The van der Waals surface area contributed by atoms with Crippen LogP contribution in [0.1, 0.15) is 5.56 Å². The molecule has 2 rings (SSSR count). The second-order valence-corrected chi connectivity index (χ2v) is 3.34. The van der Waals surface area contributed by atoms with Gasteiger partial charge in [-0.3, -0.25) is 0 Å². The van der Waals surface area contributed by atoms with Crippen LogP contribution in [0.3, 0.4) is 0 Å². The van der Waals surface area contributed by atoms with Crippen LogP contribution in [0.15, 0.2) is 16.5 Å². The zero-order valence-corrected chi connectivity index (χ0v) is 8.49. The zero-order valence-electron chi connectivity index (χ0n) is 7.67. The van der Waals surface area contributed by atoms with Gasteiger partial charge in [0, 0.05) is 0 Å². The Morgan fingerprint density at radius 2 is 2.13 bits per heavy atom. The molecule has 2 aromatic rings. The van der Waals surface area contributed by atoms with Crippen molar-refractivity contribution in [3.05, 3.63) is 34.2 Å². The van der Waals surface area contributed by atoms with Crippen molar-refractivity contribution >= 4 is 12.2 Å². The maximum atomic E-state index is 13.6. The first-order valence-corrected chi connectivity index (χ1v) is 4.51. The summed E-state index contributed by atoms with van der Waals surface area (Å²) < 4.78 is 31.8. The van der Waals surface area contributed by atoms with Gasteiger partial charge in [-0.15, -0.1) is 5.10 Å². The monoisotopic (exact) mass is 228 g/mol. The van der Waals surface area contributed by atoms with Gasteiger partial charge in [0.15, 0.2) is 0 Å². The van der Waals surface area contributed by atoms with Crippen molar-refractivity contribution in [3.8, 4) is 11.5 Å². The number of aryl methyl sites for hydroxylation is 1. The molecular formula is C9H6F2N2OS. The molecule has 6 heteroatoms. The van der Waals surface area contributed by atoms with Crippen molar-refractivity contribution in [3.63, 3.8) is 0 Å². The quantitative estimate of drug-likeness (QED) is 0.763. The molecule has 0 atom stereocenters. The summed E-state index contributed by atoms with van der Waals surface area (Å²) in [6, 6.07) is 2.50. The van der Waals surface area contributed by atoms with Crippen LogP contribution in [0.4, 0.5) is 8.78 Å². The number of benzene rings is 1. The molecule has 0 fully saturated rings. The van der Waals surface area contributed by atoms with E-state index in [0.29, 0.717) is 5.56 Å². The van der Waals surface area contributed by atoms with E-state index in [9.17, 15) is 8.78 Å². The summed E-state index contributed by atoms with van der Waals surface area (Å²) in [6.45, 7) is 1.53. The predicted molar refractivity (Wildman–Crippen MR) is 51.8 cm³/mol. The Labute approximate surface area is 88.7 Å². The molecule has 0 saturated carbocycles. The van der Waals surface area contributed by atoms with Crippen molar-refractivity contribution in [2.45, 2.75) is 6.92 Å². The number of halogens is 2. The molecule has 0 aliphatic rings. The average molecular weight is 228 g/mol. The molecule has 78 valence electrons. The van der Waals surface area contributed by atoms with Crippen molar-refractivity contribution < 1.29 is 13.2 Å². The third kappa shape index (κ3) is 1.68. The highest BCUT2D eigenvalue weighted by Crippen LogP contribution is 2.26. The SMILES string of the molecule is Cc1ccc(F)c(-c2n[nH]c(=S)o2)c1F. The number of hydrogen-bond donors (Lipinski definition) is 1. The molecule has 0 aliphatic heterocycles. The van der Waals surface area contributed by atoms with Crippen LogP contribution in [0, 0.1) is 23.4 Å². The largest absolute Gasteiger partial charge is 0.409 e. The normalized spacial score (nSPS) is 10.6. The molecule has 3 nitrogen and oxygen atoms in total. The topological polar surface area (TPSA) is 41.8 Å². The van der Waals surface area contributed by atoms with Crippen LogP contribution in [0.25, 0.3) is 11.5 Å². The number of H-pyrrole nitrogens is 1. The summed E-state index contributed by atoms with van der Waals surface area (Å²) in [5, 5.41) is 5.88. The zero-order chi connectivity index (χ0) is 11.0. The lowest BCUT2D eigenvalue weighted by atomic mass is 10.1. The van der Waals surface area contributed by atoms with Gasteiger partial charge in [0.2, 0.25) is 0 Å². The summed E-state index contributed by atoms with van der Waals surface area (Å²) in [5.41, 5.74) is 0.0119. The number of aromatic amines is 1. The second-order valence-electron chi connectivity index (χ2n) is 2.97. The van der Waals surface area contributed by atoms with Gasteiger partial charge in [-0.25, -0.2) is 13.9 Å². The lowest BCUT2D eigenvalue weighted by Crippen LogP contribution is -1.93. The summed E-state index contributed by atoms with van der Waals surface area (Å²) in [4.78, 5) is -0.0229. The highest BCUT2D eigenvalue weighted by Gasteiger charge is 2.17. The van der Waals surface area contributed by atoms with E-state index in [1.807, 2.05) is 0 Å². The highest BCUT2D eigenvalue weighted by atomic mass is 32.1. The average Bonchev–Trinajstić information content (AvgIpc) is 2.59. The van der Waals surface area contributed by atoms with E-state index in [1.165, 1.54) is 13.0 Å². The maximum Gasteiger partial charge on any atom is 0.284 e. The highest BCUT2D eigenvalue weighted by molar-refractivity contribution is 7.71. The van der Waals surface area contributed by atoms with Gasteiger partial charge in [0.05, 0.1) is 0 Å². The first-order valence-electron chi connectivity index (χ1n) is 4.10. The molecule has 1 aromatic heterocycles. The molecule has 1 heterocycles. The molecule has 15 heavy (non-hydrogen) atoms. The van der Waals surface area contributed by atoms with Gasteiger partial charge in [-0.2, -0.15) is 0 Å². The minimum Gasteiger partial charge on any atom is -0.409 e. The van der Waals surface area contributed by atoms with Gasteiger partial charge in [0.25, 0.3) is 10.7 Å². The fourth-order valence-corrected chi connectivity index (χ4v) is 1.31. The Bertz CT molecular complexity index is 561. The van der Waals surface area contributed by atoms with Crippen molar-refractivity contribution in [2.24, 2.45) is 0 Å². The van der Waals surface area contributed by atoms with Crippen molar-refractivity contribution in [1.29, 1.82) is 0 Å². The first kappa shape index (κ1) is 9.97. The summed E-state index contributed by atoms with van der Waals surface area (Å²) in [6.07, 6.45) is 0. The lowest BCUT2D eigenvalue weighted by Gasteiger charge is -2.02. The lowest BCUT2D eigenvalue weighted by molar-refractivity contribution is 0.527. The van der Waals surface area contributed by atoms with Crippen LogP contribution >= 0.6 is 12.2 Å². The molecule has 0 radical (unpaired) electrons. The fraction of sp³-hybridized carbons (Fsp3) is 0.111. The van der Waals surface area contributed by atoms with Gasteiger partial charge in [0.1, 0.15) is 17.2 Å². The first-order chi connectivity index (χ1) is 7.09. The molecule has 0 spiro atoms. The van der Waals surface area contributed by atoms with Crippen molar-refractivity contribution in [2.75, 3.05) is 0 Å². The predicted octanol–water partition coefficient (Wildman–Crippen LogP) is 2.99. The number of aromatic nitrogens is 2. The number of nitrogens with one attached hydrogen (secondary N) is 1. The summed E-state index contributed by atoms with van der Waals surface area (Å²) in [5.74, 6) is -1.61. The van der Waals surface area contributed by atoms with Crippen molar-refractivity contribution in [1.82, 2.24) is 10.2 Å². The second kappa shape index (κ2) is 3.54. The molecular weight excluding hydrogens is 222 g/mol. The van der Waals surface area contributed by atoms with Crippen LogP contribution in [-0.4, -0.2) is 10.2 Å². The molecule has 1 aromatic carbocycles. The molecule has 0 unspecified atom stereocenters.